The van der Waals surface area contributed by atoms with Gasteiger partial charge in [-0.3, -0.25) is 14.4 Å². The van der Waals surface area contributed by atoms with Crippen LogP contribution in [-0.4, -0.2) is 54.4 Å². The molecule has 0 aliphatic carbocycles. The average Bonchev–Trinajstić information content (AvgIpc) is 3.08. The van der Waals surface area contributed by atoms with Gasteiger partial charge in [0.1, 0.15) is 6.54 Å². The van der Waals surface area contributed by atoms with Gasteiger partial charge in [-0.05, 0) is 41.5 Å². The maximum atomic E-state index is 14.0. The van der Waals surface area contributed by atoms with E-state index in [-0.39, 0.29) is 23.8 Å². The van der Waals surface area contributed by atoms with Crippen molar-refractivity contribution < 1.29 is 37.1 Å². The third kappa shape index (κ3) is 7.60. The van der Waals surface area contributed by atoms with Crippen molar-refractivity contribution in [3.05, 3.63) is 101 Å². The Morgan fingerprint density at radius 3 is 2.32 bits per heavy atom. The molecule has 2 amide bonds. The first-order valence-corrected chi connectivity index (χ1v) is 13.1. The lowest BCUT2D eigenvalue weighted by molar-refractivity contribution is -0.202. The van der Waals surface area contributed by atoms with Gasteiger partial charge < -0.3 is 26.0 Å². The predicted octanol–water partition coefficient (Wildman–Crippen LogP) is 3.04. The van der Waals surface area contributed by atoms with Crippen molar-refractivity contribution >= 4 is 35.4 Å². The van der Waals surface area contributed by atoms with Gasteiger partial charge in [0.05, 0.1) is 30.3 Å². The monoisotopic (exact) mass is 605 g/mol. The molecule has 0 saturated carbocycles. The first kappa shape index (κ1) is 31.3. The van der Waals surface area contributed by atoms with Crippen LogP contribution in [0, 0.1) is 11.8 Å². The number of esters is 2. The summed E-state index contributed by atoms with van der Waals surface area (Å²) in [6, 6.07) is 18.6. The Kier molecular flexibility index (Phi) is 9.33. The average molecular weight is 606 g/mol. The number of anilines is 1. The molecule has 3 aromatic rings. The normalized spacial score (nSPS) is 13.6. The van der Waals surface area contributed by atoms with Gasteiger partial charge in [0.2, 0.25) is 5.91 Å². The van der Waals surface area contributed by atoms with Crippen LogP contribution in [0.15, 0.2) is 77.8 Å². The quantitative estimate of drug-likeness (QED) is 0.144. The Morgan fingerprint density at radius 1 is 0.977 bits per heavy atom. The Labute approximate surface area is 250 Å². The molecule has 1 atom stereocenters. The molecule has 0 aromatic heterocycles. The highest BCUT2D eigenvalue weighted by Crippen LogP contribution is 2.33. The van der Waals surface area contributed by atoms with E-state index in [9.17, 15) is 32.3 Å². The molecular formula is C31H26F3N5O5. The number of guanidine groups is 1. The van der Waals surface area contributed by atoms with E-state index in [1.807, 2.05) is 6.07 Å². The Morgan fingerprint density at radius 2 is 1.66 bits per heavy atom. The highest BCUT2D eigenvalue weighted by atomic mass is 19.4. The van der Waals surface area contributed by atoms with E-state index >= 15 is 0 Å². The molecule has 226 valence electrons. The highest BCUT2D eigenvalue weighted by molar-refractivity contribution is 6.10. The Balaban J connectivity index is 1.69. The minimum atomic E-state index is -5.39. The topological polar surface area (TPSA) is 148 Å². The molecule has 3 aromatic carbocycles. The Bertz CT molecular complexity index is 1690. The summed E-state index contributed by atoms with van der Waals surface area (Å²) in [5.74, 6) is 0.564. The molecule has 4 rings (SSSR count). The van der Waals surface area contributed by atoms with Gasteiger partial charge in [0.25, 0.3) is 5.91 Å². The standard InChI is InChI=1S/C31H26F3N5O5/c1-38-24-13-12-20(11-10-19-6-5-7-21(14-19)17-37-30(35)36)15-23(24)28(42)39(18-26(38)40)25(22-8-3-2-4-9-22)16-27(41)44-29(43)31(32,33)34/h2-9,12-15,25H,16-18H2,1H3,(H4,35,36,37). The number of carbonyl (C=O) groups excluding carboxylic acids is 4. The molecule has 1 heterocycles. The largest absolute Gasteiger partial charge is 0.491 e. The number of nitrogens with zero attached hydrogens (tertiary/aromatic N) is 3. The van der Waals surface area contributed by atoms with Crippen LogP contribution >= 0.6 is 0 Å². The number of halogens is 3. The fraction of sp³-hybridized carbons (Fsp3) is 0.194. The number of nitrogens with two attached hydrogens (primary N) is 2. The zero-order valence-corrected chi connectivity index (χ0v) is 23.3. The number of ether oxygens (including phenoxy) is 1. The number of fused-ring (bicyclic) bond motifs is 1. The van der Waals surface area contributed by atoms with Crippen molar-refractivity contribution in [3.8, 4) is 11.8 Å². The van der Waals surface area contributed by atoms with Crippen LogP contribution in [0.2, 0.25) is 0 Å². The number of alkyl halides is 3. The minimum Gasteiger partial charge on any atom is -0.386 e. The lowest BCUT2D eigenvalue weighted by Gasteiger charge is -2.30. The van der Waals surface area contributed by atoms with Crippen LogP contribution in [0.25, 0.3) is 0 Å². The van der Waals surface area contributed by atoms with Crippen LogP contribution in [-0.2, 0) is 25.7 Å². The van der Waals surface area contributed by atoms with Crippen molar-refractivity contribution in [3.63, 3.8) is 0 Å². The number of aliphatic imine (C=N–C) groups is 1. The molecule has 0 saturated heterocycles. The summed E-state index contributed by atoms with van der Waals surface area (Å²) in [6.07, 6.45) is -6.21. The number of hydrogen-bond donors (Lipinski definition) is 2. The van der Waals surface area contributed by atoms with Crippen molar-refractivity contribution in [2.75, 3.05) is 18.5 Å². The zero-order chi connectivity index (χ0) is 32.0. The summed E-state index contributed by atoms with van der Waals surface area (Å²) >= 11 is 0. The van der Waals surface area contributed by atoms with Gasteiger partial charge in [0.15, 0.2) is 5.96 Å². The smallest absolute Gasteiger partial charge is 0.386 e. The molecule has 4 N–H and O–H groups in total. The number of likely N-dealkylation sites (N-methyl/N-ethyl adjacent to an activating group) is 1. The third-order valence-electron chi connectivity index (χ3n) is 6.61. The van der Waals surface area contributed by atoms with Crippen molar-refractivity contribution in [1.29, 1.82) is 0 Å². The molecule has 44 heavy (non-hydrogen) atoms. The minimum absolute atomic E-state index is 0.0465. The first-order chi connectivity index (χ1) is 20.8. The predicted molar refractivity (Wildman–Crippen MR) is 154 cm³/mol. The second-order valence-electron chi connectivity index (χ2n) is 9.70. The van der Waals surface area contributed by atoms with E-state index in [1.165, 1.54) is 18.0 Å². The lowest BCUT2D eigenvalue weighted by Crippen LogP contribution is -2.41. The molecule has 1 aliphatic heterocycles. The fourth-order valence-electron chi connectivity index (χ4n) is 4.46. The van der Waals surface area contributed by atoms with E-state index in [2.05, 4.69) is 21.6 Å². The maximum absolute atomic E-state index is 14.0. The van der Waals surface area contributed by atoms with Crippen molar-refractivity contribution in [2.45, 2.75) is 25.2 Å². The van der Waals surface area contributed by atoms with Gasteiger partial charge in [0, 0.05) is 18.2 Å². The maximum Gasteiger partial charge on any atom is 0.491 e. The summed E-state index contributed by atoms with van der Waals surface area (Å²) in [5.41, 5.74) is 13.4. The van der Waals surface area contributed by atoms with Crippen LogP contribution in [0.5, 0.6) is 0 Å². The van der Waals surface area contributed by atoms with Gasteiger partial charge in [-0.25, -0.2) is 9.79 Å². The van der Waals surface area contributed by atoms with Crippen LogP contribution < -0.4 is 16.4 Å². The van der Waals surface area contributed by atoms with E-state index in [0.717, 1.165) is 10.5 Å². The molecular weight excluding hydrogens is 579 g/mol. The van der Waals surface area contributed by atoms with Gasteiger partial charge in [-0.15, -0.1) is 0 Å². The van der Waals surface area contributed by atoms with Crippen LogP contribution in [0.3, 0.4) is 0 Å². The lowest BCUT2D eigenvalue weighted by atomic mass is 10.00. The molecule has 10 nitrogen and oxygen atoms in total. The van der Waals surface area contributed by atoms with E-state index < -0.39 is 48.9 Å². The first-order valence-electron chi connectivity index (χ1n) is 13.1. The van der Waals surface area contributed by atoms with Crippen molar-refractivity contribution in [2.24, 2.45) is 16.5 Å². The number of carbonyl (C=O) groups is 4. The number of rotatable bonds is 6. The molecule has 0 bridgehead atoms. The summed E-state index contributed by atoms with van der Waals surface area (Å²) in [6.45, 7) is -0.241. The van der Waals surface area contributed by atoms with Gasteiger partial charge in [-0.2, -0.15) is 13.2 Å². The molecule has 0 fully saturated rings. The number of benzene rings is 3. The number of amides is 2. The molecule has 0 spiro atoms. The second-order valence-corrected chi connectivity index (χ2v) is 9.70. The zero-order valence-electron chi connectivity index (χ0n) is 23.3. The highest BCUT2D eigenvalue weighted by Gasteiger charge is 2.43. The fourth-order valence-corrected chi connectivity index (χ4v) is 4.46. The molecule has 1 unspecified atom stereocenters. The second kappa shape index (κ2) is 13.1. The van der Waals surface area contributed by atoms with E-state index in [4.69, 9.17) is 11.5 Å². The van der Waals surface area contributed by atoms with Crippen molar-refractivity contribution in [1.82, 2.24) is 4.90 Å². The van der Waals surface area contributed by atoms with Gasteiger partial charge >= 0.3 is 18.1 Å². The number of hydrogen-bond acceptors (Lipinski definition) is 6. The molecule has 0 radical (unpaired) electrons. The summed E-state index contributed by atoms with van der Waals surface area (Å²) in [7, 11) is 1.47. The molecule has 1 aliphatic rings. The van der Waals surface area contributed by atoms with E-state index in [0.29, 0.717) is 16.7 Å². The van der Waals surface area contributed by atoms with Gasteiger partial charge in [-0.1, -0.05) is 54.3 Å². The SMILES string of the molecule is CN1C(=O)CN(C(CC(=O)OC(=O)C(F)(F)F)c2ccccc2)C(=O)c2cc(C#Cc3cccc(CN=C(N)N)c3)ccc21. The summed E-state index contributed by atoms with van der Waals surface area (Å²) < 4.78 is 42.2. The molecule has 13 heteroatoms. The summed E-state index contributed by atoms with van der Waals surface area (Å²) in [5, 5.41) is 0. The Hall–Kier alpha value is -5.64. The van der Waals surface area contributed by atoms with E-state index in [1.54, 1.807) is 60.7 Å². The van der Waals surface area contributed by atoms with Crippen LogP contribution in [0.1, 0.15) is 45.1 Å². The van der Waals surface area contributed by atoms with Crippen LogP contribution in [0.4, 0.5) is 18.9 Å². The third-order valence-corrected chi connectivity index (χ3v) is 6.61. The summed E-state index contributed by atoms with van der Waals surface area (Å²) in [4.78, 5) is 57.2.